The van der Waals surface area contributed by atoms with Crippen molar-refractivity contribution in [3.8, 4) is 5.75 Å². The van der Waals surface area contributed by atoms with E-state index >= 15 is 0 Å². The molecule has 0 saturated heterocycles. The summed E-state index contributed by atoms with van der Waals surface area (Å²) < 4.78 is 5.63. The third-order valence-corrected chi connectivity index (χ3v) is 3.62. The van der Waals surface area contributed by atoms with E-state index in [1.807, 2.05) is 24.3 Å². The zero-order valence-corrected chi connectivity index (χ0v) is 12.1. The summed E-state index contributed by atoms with van der Waals surface area (Å²) in [5.41, 5.74) is 7.05. The second-order valence-electron chi connectivity index (χ2n) is 5.52. The quantitative estimate of drug-likeness (QED) is 0.762. The van der Waals surface area contributed by atoms with E-state index in [0.717, 1.165) is 30.7 Å². The molecule has 4 heteroatoms. The normalized spacial score (nSPS) is 15.7. The molecule has 0 bridgehead atoms. The summed E-state index contributed by atoms with van der Waals surface area (Å²) in [6, 6.07) is 7.91. The zero-order chi connectivity index (χ0) is 14.4. The molecule has 1 saturated carbocycles. The zero-order valence-electron chi connectivity index (χ0n) is 12.1. The second kappa shape index (κ2) is 7.29. The van der Waals surface area contributed by atoms with E-state index in [0.29, 0.717) is 5.92 Å². The molecule has 1 aliphatic carbocycles. The highest BCUT2D eigenvalue weighted by Crippen LogP contribution is 2.27. The highest BCUT2D eigenvalue weighted by atomic mass is 16.5. The molecule has 1 aromatic rings. The van der Waals surface area contributed by atoms with E-state index in [1.54, 1.807) is 0 Å². The summed E-state index contributed by atoms with van der Waals surface area (Å²) in [4.78, 5) is 11.7. The molecule has 0 radical (unpaired) electrons. The highest BCUT2D eigenvalue weighted by Gasteiger charge is 2.21. The van der Waals surface area contributed by atoms with Gasteiger partial charge in [0.2, 0.25) is 0 Å². The van der Waals surface area contributed by atoms with Crippen LogP contribution in [0.15, 0.2) is 24.3 Å². The van der Waals surface area contributed by atoms with Gasteiger partial charge in [-0.25, -0.2) is 0 Å². The van der Waals surface area contributed by atoms with Gasteiger partial charge in [-0.2, -0.15) is 0 Å². The van der Waals surface area contributed by atoms with Crippen LogP contribution in [0, 0.1) is 5.92 Å². The third-order valence-electron chi connectivity index (χ3n) is 3.62. The summed E-state index contributed by atoms with van der Waals surface area (Å²) in [7, 11) is 0. The average molecular weight is 276 g/mol. The van der Waals surface area contributed by atoms with Crippen LogP contribution in [0.25, 0.3) is 0 Å². The largest absolute Gasteiger partial charge is 0.483 e. The van der Waals surface area contributed by atoms with Gasteiger partial charge in [0.1, 0.15) is 5.75 Å². The second-order valence-corrected chi connectivity index (χ2v) is 5.52. The molecule has 4 nitrogen and oxygen atoms in total. The van der Waals surface area contributed by atoms with Gasteiger partial charge in [-0.15, -0.1) is 0 Å². The lowest BCUT2D eigenvalue weighted by Gasteiger charge is -2.14. The first kappa shape index (κ1) is 14.9. The first-order valence-electron chi connectivity index (χ1n) is 7.42. The van der Waals surface area contributed by atoms with Crippen LogP contribution < -0.4 is 15.8 Å². The van der Waals surface area contributed by atoms with E-state index in [1.165, 1.54) is 12.8 Å². The molecule has 0 spiro atoms. The Labute approximate surface area is 120 Å². The molecule has 2 rings (SSSR count). The van der Waals surface area contributed by atoms with Crippen molar-refractivity contribution in [3.05, 3.63) is 29.8 Å². The van der Waals surface area contributed by atoms with Crippen LogP contribution in [0.3, 0.4) is 0 Å². The van der Waals surface area contributed by atoms with E-state index in [9.17, 15) is 4.79 Å². The molecule has 1 fully saturated rings. The molecule has 1 amide bonds. The minimum atomic E-state index is -0.0495. The summed E-state index contributed by atoms with van der Waals surface area (Å²) in [5.74, 6) is 1.40. The van der Waals surface area contributed by atoms with Crippen molar-refractivity contribution in [2.75, 3.05) is 13.2 Å². The molecule has 1 atom stereocenters. The van der Waals surface area contributed by atoms with Crippen LogP contribution in [0.2, 0.25) is 0 Å². The van der Waals surface area contributed by atoms with E-state index < -0.39 is 0 Å². The van der Waals surface area contributed by atoms with E-state index in [-0.39, 0.29) is 18.6 Å². The molecular formula is C16H24N2O2. The Kier molecular flexibility index (Phi) is 5.41. The van der Waals surface area contributed by atoms with Gasteiger partial charge in [-0.05, 0) is 43.2 Å². The maximum absolute atomic E-state index is 11.7. The number of rotatable bonds is 8. The van der Waals surface area contributed by atoms with Crippen LogP contribution in [0.4, 0.5) is 0 Å². The average Bonchev–Trinajstić information content (AvgIpc) is 3.28. The lowest BCUT2D eigenvalue weighted by atomic mass is 10.0. The Balaban J connectivity index is 1.82. The van der Waals surface area contributed by atoms with Crippen molar-refractivity contribution in [2.45, 2.75) is 38.6 Å². The van der Waals surface area contributed by atoms with Gasteiger partial charge >= 0.3 is 0 Å². The fourth-order valence-electron chi connectivity index (χ4n) is 2.01. The van der Waals surface area contributed by atoms with Gasteiger partial charge < -0.3 is 15.8 Å². The molecule has 1 aliphatic rings. The van der Waals surface area contributed by atoms with Crippen LogP contribution >= 0.6 is 0 Å². The fraction of sp³-hybridized carbons (Fsp3) is 0.562. The van der Waals surface area contributed by atoms with Crippen molar-refractivity contribution in [3.63, 3.8) is 0 Å². The minimum absolute atomic E-state index is 0.0495. The Morgan fingerprint density at radius 2 is 2.20 bits per heavy atom. The van der Waals surface area contributed by atoms with Crippen molar-refractivity contribution in [1.29, 1.82) is 0 Å². The maximum atomic E-state index is 11.7. The number of hydrogen-bond acceptors (Lipinski definition) is 3. The van der Waals surface area contributed by atoms with E-state index in [2.05, 4.69) is 12.2 Å². The number of carbonyl (C=O) groups is 1. The molecule has 1 unspecified atom stereocenters. The first-order chi connectivity index (χ1) is 9.69. The standard InChI is InChI=1S/C16H24N2O2/c1-2-14(17)9-13-5-3-4-6-15(13)20-11-16(19)18-10-12-7-8-12/h3-6,12,14H,2,7-11,17H2,1H3,(H,18,19). The van der Waals surface area contributed by atoms with E-state index in [4.69, 9.17) is 10.5 Å². The fourth-order valence-corrected chi connectivity index (χ4v) is 2.01. The van der Waals surface area contributed by atoms with Crippen molar-refractivity contribution >= 4 is 5.91 Å². The van der Waals surface area contributed by atoms with Crippen molar-refractivity contribution < 1.29 is 9.53 Å². The van der Waals surface area contributed by atoms with Gasteiger partial charge in [0.15, 0.2) is 6.61 Å². The smallest absolute Gasteiger partial charge is 0.257 e. The Morgan fingerprint density at radius 3 is 2.90 bits per heavy atom. The third kappa shape index (κ3) is 4.85. The molecule has 0 heterocycles. The number of ether oxygens (including phenoxy) is 1. The van der Waals surface area contributed by atoms with Gasteiger partial charge in [-0.3, -0.25) is 4.79 Å². The summed E-state index contributed by atoms with van der Waals surface area (Å²) in [6.07, 6.45) is 4.17. The SMILES string of the molecule is CCC(N)Cc1ccccc1OCC(=O)NCC1CC1. The predicted molar refractivity (Wildman–Crippen MR) is 79.6 cm³/mol. The molecular weight excluding hydrogens is 252 g/mol. The Hall–Kier alpha value is -1.55. The van der Waals surface area contributed by atoms with Crippen LogP contribution in [-0.4, -0.2) is 25.1 Å². The van der Waals surface area contributed by atoms with Crippen LogP contribution in [0.5, 0.6) is 5.75 Å². The summed E-state index contributed by atoms with van der Waals surface area (Å²) in [6.45, 7) is 2.93. The minimum Gasteiger partial charge on any atom is -0.483 e. The Bertz CT molecular complexity index is 444. The lowest BCUT2D eigenvalue weighted by Crippen LogP contribution is -2.30. The molecule has 110 valence electrons. The lowest BCUT2D eigenvalue weighted by molar-refractivity contribution is -0.123. The highest BCUT2D eigenvalue weighted by molar-refractivity contribution is 5.77. The topological polar surface area (TPSA) is 64.3 Å². The number of hydrogen-bond donors (Lipinski definition) is 2. The molecule has 20 heavy (non-hydrogen) atoms. The van der Waals surface area contributed by atoms with Gasteiger partial charge in [-0.1, -0.05) is 25.1 Å². The van der Waals surface area contributed by atoms with Gasteiger partial charge in [0.05, 0.1) is 0 Å². The van der Waals surface area contributed by atoms with Gasteiger partial charge in [0.25, 0.3) is 5.91 Å². The molecule has 0 aromatic heterocycles. The Morgan fingerprint density at radius 1 is 1.45 bits per heavy atom. The van der Waals surface area contributed by atoms with Crippen molar-refractivity contribution in [1.82, 2.24) is 5.32 Å². The maximum Gasteiger partial charge on any atom is 0.257 e. The number of para-hydroxylation sites is 1. The molecule has 0 aliphatic heterocycles. The van der Waals surface area contributed by atoms with Gasteiger partial charge in [0, 0.05) is 12.6 Å². The number of nitrogens with one attached hydrogen (secondary N) is 1. The summed E-state index contributed by atoms with van der Waals surface area (Å²) in [5, 5.41) is 2.90. The molecule has 3 N–H and O–H groups in total. The summed E-state index contributed by atoms with van der Waals surface area (Å²) >= 11 is 0. The molecule has 1 aromatic carbocycles. The monoisotopic (exact) mass is 276 g/mol. The number of amides is 1. The predicted octanol–water partition coefficient (Wildman–Crippen LogP) is 1.87. The number of nitrogens with two attached hydrogens (primary N) is 1. The van der Waals surface area contributed by atoms with Crippen molar-refractivity contribution in [2.24, 2.45) is 11.7 Å². The number of carbonyl (C=O) groups excluding carboxylic acids is 1. The first-order valence-corrected chi connectivity index (χ1v) is 7.42. The van der Waals surface area contributed by atoms with Crippen LogP contribution in [0.1, 0.15) is 31.7 Å². The number of benzene rings is 1. The van der Waals surface area contributed by atoms with Crippen LogP contribution in [-0.2, 0) is 11.2 Å².